The van der Waals surface area contributed by atoms with E-state index in [2.05, 4.69) is 72.2 Å². The number of hydrogen-bond donors (Lipinski definition) is 0. The van der Waals surface area contributed by atoms with Gasteiger partial charge in [-0.3, -0.25) is 0 Å². The van der Waals surface area contributed by atoms with Crippen LogP contribution in [0.1, 0.15) is 11.1 Å². The Labute approximate surface area is 111 Å². The van der Waals surface area contributed by atoms with Crippen LogP contribution in [-0.4, -0.2) is 25.5 Å². The van der Waals surface area contributed by atoms with Crippen molar-refractivity contribution in [3.05, 3.63) is 41.5 Å². The summed E-state index contributed by atoms with van der Waals surface area (Å²) in [5.74, 6) is 0. The van der Waals surface area contributed by atoms with Gasteiger partial charge >= 0.3 is 0 Å². The van der Waals surface area contributed by atoms with Gasteiger partial charge < -0.3 is 4.90 Å². The van der Waals surface area contributed by atoms with Gasteiger partial charge in [-0.1, -0.05) is 51.8 Å². The molecule has 0 aromatic heterocycles. The zero-order valence-corrected chi connectivity index (χ0v) is 12.6. The molecule has 0 aliphatic carbocycles. The first-order valence-corrected chi connectivity index (χ1v) is 5.46. The standard InChI is InChI=1S/C12H16BrN.BrH/c1-10-4-6-11(7-5-10)12(13)8-9-14(2)3;/h4-8H,9H2,1-3H3;1H. The number of halogens is 2. The molecule has 0 radical (unpaired) electrons. The third kappa shape index (κ3) is 5.50. The molecule has 0 aliphatic rings. The molecule has 0 unspecified atom stereocenters. The highest BCUT2D eigenvalue weighted by atomic mass is 79.9. The molecule has 1 rings (SSSR count). The average molecular weight is 335 g/mol. The quantitative estimate of drug-likeness (QED) is 0.811. The Hall–Kier alpha value is -0.120. The SMILES string of the molecule is Br.Cc1ccc(C(Br)=CCN(C)C)cc1. The smallest absolute Gasteiger partial charge is 0.0220 e. The van der Waals surface area contributed by atoms with Crippen LogP contribution in [0.5, 0.6) is 0 Å². The highest BCUT2D eigenvalue weighted by Gasteiger charge is 1.96. The van der Waals surface area contributed by atoms with E-state index in [1.165, 1.54) is 11.1 Å². The summed E-state index contributed by atoms with van der Waals surface area (Å²) in [6.07, 6.45) is 2.17. The molecule has 0 heterocycles. The van der Waals surface area contributed by atoms with Crippen molar-refractivity contribution in [3.8, 4) is 0 Å². The molecular formula is C12H17Br2N. The second-order valence-corrected chi connectivity index (χ2v) is 4.53. The molecule has 0 atom stereocenters. The zero-order valence-electron chi connectivity index (χ0n) is 9.33. The summed E-state index contributed by atoms with van der Waals surface area (Å²) < 4.78 is 1.16. The molecule has 3 heteroatoms. The van der Waals surface area contributed by atoms with Gasteiger partial charge in [0.25, 0.3) is 0 Å². The van der Waals surface area contributed by atoms with Gasteiger partial charge in [0.15, 0.2) is 0 Å². The number of hydrogen-bond acceptors (Lipinski definition) is 1. The summed E-state index contributed by atoms with van der Waals surface area (Å²) in [7, 11) is 4.12. The largest absolute Gasteiger partial charge is 0.306 e. The van der Waals surface area contributed by atoms with Gasteiger partial charge in [0.05, 0.1) is 0 Å². The van der Waals surface area contributed by atoms with Crippen molar-refractivity contribution in [1.82, 2.24) is 4.90 Å². The lowest BCUT2D eigenvalue weighted by Gasteiger charge is -2.06. The summed E-state index contributed by atoms with van der Waals surface area (Å²) in [4.78, 5) is 2.13. The summed E-state index contributed by atoms with van der Waals surface area (Å²) in [5, 5.41) is 0. The maximum atomic E-state index is 3.57. The topological polar surface area (TPSA) is 3.24 Å². The molecule has 1 aromatic carbocycles. The van der Waals surface area contributed by atoms with Crippen molar-refractivity contribution in [1.29, 1.82) is 0 Å². The average Bonchev–Trinajstić information content (AvgIpc) is 2.15. The van der Waals surface area contributed by atoms with Crippen LogP contribution in [-0.2, 0) is 0 Å². The number of benzene rings is 1. The molecule has 15 heavy (non-hydrogen) atoms. The molecule has 84 valence electrons. The molecule has 0 saturated carbocycles. The fourth-order valence-corrected chi connectivity index (χ4v) is 1.50. The van der Waals surface area contributed by atoms with Crippen molar-refractivity contribution in [2.24, 2.45) is 0 Å². The number of nitrogens with zero attached hydrogens (tertiary/aromatic N) is 1. The highest BCUT2D eigenvalue weighted by molar-refractivity contribution is 9.15. The number of aryl methyl sites for hydroxylation is 1. The molecule has 1 nitrogen and oxygen atoms in total. The normalized spacial score (nSPS) is 11.4. The lowest BCUT2D eigenvalue weighted by molar-refractivity contribution is 0.457. The van der Waals surface area contributed by atoms with E-state index in [4.69, 9.17) is 0 Å². The van der Waals surface area contributed by atoms with Gasteiger partial charge in [-0.2, -0.15) is 0 Å². The lowest BCUT2D eigenvalue weighted by atomic mass is 10.1. The van der Waals surface area contributed by atoms with Gasteiger partial charge in [-0.05, 0) is 26.6 Å². The Bertz CT molecular complexity index is 315. The number of rotatable bonds is 3. The summed E-state index contributed by atoms with van der Waals surface area (Å²) in [5.41, 5.74) is 2.53. The Balaban J connectivity index is 0.00000196. The van der Waals surface area contributed by atoms with E-state index in [0.29, 0.717) is 0 Å². The van der Waals surface area contributed by atoms with E-state index in [1.54, 1.807) is 0 Å². The van der Waals surface area contributed by atoms with Crippen LogP contribution in [0.15, 0.2) is 30.3 Å². The second-order valence-electron chi connectivity index (χ2n) is 3.68. The minimum absolute atomic E-state index is 0. The first-order valence-electron chi connectivity index (χ1n) is 4.67. The summed E-state index contributed by atoms with van der Waals surface area (Å²) in [6, 6.07) is 8.51. The first kappa shape index (κ1) is 14.9. The molecule has 0 saturated heterocycles. The van der Waals surface area contributed by atoms with Crippen LogP contribution in [0, 0.1) is 6.92 Å². The Kier molecular flexibility index (Phi) is 7.14. The molecular weight excluding hydrogens is 318 g/mol. The second kappa shape index (κ2) is 7.20. The molecule has 0 bridgehead atoms. The molecule has 0 fully saturated rings. The van der Waals surface area contributed by atoms with E-state index >= 15 is 0 Å². The van der Waals surface area contributed by atoms with E-state index < -0.39 is 0 Å². The van der Waals surface area contributed by atoms with Crippen molar-refractivity contribution in [2.45, 2.75) is 6.92 Å². The van der Waals surface area contributed by atoms with Crippen molar-refractivity contribution in [2.75, 3.05) is 20.6 Å². The Morgan fingerprint density at radius 3 is 2.27 bits per heavy atom. The van der Waals surface area contributed by atoms with Crippen LogP contribution in [0.4, 0.5) is 0 Å². The Morgan fingerprint density at radius 2 is 1.80 bits per heavy atom. The van der Waals surface area contributed by atoms with E-state index in [9.17, 15) is 0 Å². The minimum Gasteiger partial charge on any atom is -0.306 e. The van der Waals surface area contributed by atoms with Crippen LogP contribution >= 0.6 is 32.9 Å². The monoisotopic (exact) mass is 333 g/mol. The van der Waals surface area contributed by atoms with E-state index in [-0.39, 0.29) is 17.0 Å². The third-order valence-corrected chi connectivity index (χ3v) is 2.74. The third-order valence-electron chi connectivity index (χ3n) is 1.96. The van der Waals surface area contributed by atoms with Crippen molar-refractivity contribution < 1.29 is 0 Å². The van der Waals surface area contributed by atoms with Crippen LogP contribution in [0.2, 0.25) is 0 Å². The van der Waals surface area contributed by atoms with Crippen molar-refractivity contribution in [3.63, 3.8) is 0 Å². The van der Waals surface area contributed by atoms with Gasteiger partial charge in [-0.25, -0.2) is 0 Å². The minimum atomic E-state index is 0. The molecule has 0 amide bonds. The van der Waals surface area contributed by atoms with Gasteiger partial charge in [0.2, 0.25) is 0 Å². The fraction of sp³-hybridized carbons (Fsp3) is 0.333. The summed E-state index contributed by atoms with van der Waals surface area (Å²) >= 11 is 3.57. The van der Waals surface area contributed by atoms with E-state index in [0.717, 1.165) is 11.0 Å². The van der Waals surface area contributed by atoms with Gasteiger partial charge in [0, 0.05) is 11.0 Å². The molecule has 1 aromatic rings. The first-order chi connectivity index (χ1) is 6.59. The van der Waals surface area contributed by atoms with Gasteiger partial charge in [-0.15, -0.1) is 17.0 Å². The highest BCUT2D eigenvalue weighted by Crippen LogP contribution is 2.20. The van der Waals surface area contributed by atoms with E-state index in [1.807, 2.05) is 0 Å². The van der Waals surface area contributed by atoms with Crippen LogP contribution in [0.3, 0.4) is 0 Å². The predicted octanol–water partition coefficient (Wildman–Crippen LogP) is 3.87. The van der Waals surface area contributed by atoms with Crippen LogP contribution in [0.25, 0.3) is 4.48 Å². The fourth-order valence-electron chi connectivity index (χ4n) is 1.09. The summed E-state index contributed by atoms with van der Waals surface area (Å²) in [6.45, 7) is 3.05. The number of likely N-dealkylation sites (N-methyl/N-ethyl adjacent to an activating group) is 1. The van der Waals surface area contributed by atoms with Gasteiger partial charge in [0.1, 0.15) is 0 Å². The lowest BCUT2D eigenvalue weighted by Crippen LogP contribution is -2.10. The molecule has 0 spiro atoms. The molecule has 0 aliphatic heterocycles. The maximum Gasteiger partial charge on any atom is 0.0220 e. The molecule has 0 N–H and O–H groups in total. The zero-order chi connectivity index (χ0) is 10.6. The van der Waals surface area contributed by atoms with Crippen LogP contribution < -0.4 is 0 Å². The maximum absolute atomic E-state index is 3.57. The Morgan fingerprint density at radius 1 is 1.27 bits per heavy atom. The predicted molar refractivity (Wildman–Crippen MR) is 77.0 cm³/mol. The van der Waals surface area contributed by atoms with Crippen molar-refractivity contribution >= 4 is 37.4 Å².